The number of carbonyl (C=O) groups is 1. The number of benzene rings is 1. The standard InChI is InChI=1S/C11H15NO4S/c1-8(2)17(15,16)12-10(11(13)14)9-6-4-3-5-7-9/h3-8,10,12H,1-2H3,(H,13,14)/t10-/m0/s1. The molecule has 0 fully saturated rings. The summed E-state index contributed by atoms with van der Waals surface area (Å²) in [7, 11) is -3.62. The minimum atomic E-state index is -3.62. The van der Waals surface area contributed by atoms with Crippen molar-refractivity contribution in [3.05, 3.63) is 35.9 Å². The quantitative estimate of drug-likeness (QED) is 0.828. The predicted molar refractivity (Wildman–Crippen MR) is 64.0 cm³/mol. The lowest BCUT2D eigenvalue weighted by Gasteiger charge is -2.16. The highest BCUT2D eigenvalue weighted by Gasteiger charge is 2.27. The zero-order valence-corrected chi connectivity index (χ0v) is 10.4. The van der Waals surface area contributed by atoms with E-state index in [1.165, 1.54) is 13.8 Å². The van der Waals surface area contributed by atoms with Gasteiger partial charge in [0.25, 0.3) is 0 Å². The maximum atomic E-state index is 11.6. The summed E-state index contributed by atoms with van der Waals surface area (Å²) in [4.78, 5) is 11.1. The average Bonchev–Trinajstić information content (AvgIpc) is 2.26. The fraction of sp³-hybridized carbons (Fsp3) is 0.364. The van der Waals surface area contributed by atoms with Crippen molar-refractivity contribution in [3.8, 4) is 0 Å². The van der Waals surface area contributed by atoms with Crippen molar-refractivity contribution in [3.63, 3.8) is 0 Å². The molecule has 0 aliphatic heterocycles. The number of carboxylic acids is 1. The maximum absolute atomic E-state index is 11.6. The van der Waals surface area contributed by atoms with Gasteiger partial charge in [0.1, 0.15) is 6.04 Å². The fourth-order valence-electron chi connectivity index (χ4n) is 1.21. The monoisotopic (exact) mass is 257 g/mol. The summed E-state index contributed by atoms with van der Waals surface area (Å²) >= 11 is 0. The Morgan fingerprint density at radius 1 is 1.24 bits per heavy atom. The Balaban J connectivity index is 3.02. The molecule has 0 aliphatic carbocycles. The van der Waals surface area contributed by atoms with Crippen LogP contribution in [0.1, 0.15) is 25.5 Å². The molecule has 5 nitrogen and oxygen atoms in total. The molecule has 6 heteroatoms. The highest BCUT2D eigenvalue weighted by atomic mass is 32.2. The van der Waals surface area contributed by atoms with Gasteiger partial charge >= 0.3 is 5.97 Å². The largest absolute Gasteiger partial charge is 0.480 e. The van der Waals surface area contributed by atoms with Crippen LogP contribution in [0, 0.1) is 0 Å². The van der Waals surface area contributed by atoms with E-state index in [9.17, 15) is 13.2 Å². The van der Waals surface area contributed by atoms with Gasteiger partial charge in [0.2, 0.25) is 10.0 Å². The molecule has 1 atom stereocenters. The molecular weight excluding hydrogens is 242 g/mol. The molecule has 0 aromatic heterocycles. The van der Waals surface area contributed by atoms with Gasteiger partial charge < -0.3 is 5.11 Å². The first kappa shape index (κ1) is 13.7. The van der Waals surface area contributed by atoms with E-state index < -0.39 is 27.3 Å². The van der Waals surface area contributed by atoms with E-state index in [-0.39, 0.29) is 0 Å². The van der Waals surface area contributed by atoms with Crippen molar-refractivity contribution in [1.29, 1.82) is 0 Å². The molecule has 1 rings (SSSR count). The van der Waals surface area contributed by atoms with E-state index in [4.69, 9.17) is 5.11 Å². The van der Waals surface area contributed by atoms with Crippen LogP contribution < -0.4 is 4.72 Å². The van der Waals surface area contributed by atoms with Crippen LogP contribution in [-0.2, 0) is 14.8 Å². The highest BCUT2D eigenvalue weighted by molar-refractivity contribution is 7.90. The first-order valence-corrected chi connectivity index (χ1v) is 6.68. The second-order valence-corrected chi connectivity index (χ2v) is 6.16. The summed E-state index contributed by atoms with van der Waals surface area (Å²) in [6, 6.07) is 6.95. The summed E-state index contributed by atoms with van der Waals surface area (Å²) in [6.45, 7) is 2.98. The van der Waals surface area contributed by atoms with Crippen LogP contribution in [0.3, 0.4) is 0 Å². The molecule has 0 aliphatic rings. The third-order valence-corrected chi connectivity index (χ3v) is 4.09. The minimum absolute atomic E-state index is 0.407. The van der Waals surface area contributed by atoms with Gasteiger partial charge in [-0.1, -0.05) is 30.3 Å². The lowest BCUT2D eigenvalue weighted by Crippen LogP contribution is -2.37. The van der Waals surface area contributed by atoms with Gasteiger partial charge in [0, 0.05) is 0 Å². The molecule has 0 unspecified atom stereocenters. The van der Waals surface area contributed by atoms with Crippen LogP contribution in [0.25, 0.3) is 0 Å². The van der Waals surface area contributed by atoms with Crippen molar-refractivity contribution in [2.45, 2.75) is 25.1 Å². The summed E-state index contributed by atoms with van der Waals surface area (Å²) in [5, 5.41) is 8.37. The topological polar surface area (TPSA) is 83.5 Å². The molecule has 0 radical (unpaired) electrons. The van der Waals surface area contributed by atoms with E-state index >= 15 is 0 Å². The Labute approximate surface area is 101 Å². The molecule has 2 N–H and O–H groups in total. The smallest absolute Gasteiger partial charge is 0.326 e. The molecule has 0 bridgehead atoms. The van der Waals surface area contributed by atoms with Gasteiger partial charge in [-0.25, -0.2) is 8.42 Å². The Morgan fingerprint density at radius 3 is 2.18 bits per heavy atom. The van der Waals surface area contributed by atoms with Crippen molar-refractivity contribution >= 4 is 16.0 Å². The van der Waals surface area contributed by atoms with Crippen LogP contribution in [0.4, 0.5) is 0 Å². The van der Waals surface area contributed by atoms with Gasteiger partial charge in [0.15, 0.2) is 0 Å². The van der Waals surface area contributed by atoms with Crippen molar-refractivity contribution in [2.24, 2.45) is 0 Å². The molecule has 0 saturated carbocycles. The number of hydrogen-bond acceptors (Lipinski definition) is 3. The molecule has 0 amide bonds. The summed E-state index contributed by atoms with van der Waals surface area (Å²) < 4.78 is 25.5. The van der Waals surface area contributed by atoms with Crippen molar-refractivity contribution in [2.75, 3.05) is 0 Å². The fourth-order valence-corrected chi connectivity index (χ4v) is 2.04. The van der Waals surface area contributed by atoms with E-state index in [0.29, 0.717) is 5.56 Å². The Kier molecular flexibility index (Phi) is 4.25. The second kappa shape index (κ2) is 5.29. The lowest BCUT2D eigenvalue weighted by atomic mass is 10.1. The Hall–Kier alpha value is -1.40. The van der Waals surface area contributed by atoms with Crippen LogP contribution in [0.5, 0.6) is 0 Å². The molecular formula is C11H15NO4S. The van der Waals surface area contributed by atoms with E-state index in [2.05, 4.69) is 4.72 Å². The predicted octanol–water partition coefficient (Wildman–Crippen LogP) is 1.14. The van der Waals surface area contributed by atoms with Gasteiger partial charge in [-0.05, 0) is 19.4 Å². The minimum Gasteiger partial charge on any atom is -0.480 e. The summed E-state index contributed by atoms with van der Waals surface area (Å²) in [5.41, 5.74) is 0.407. The van der Waals surface area contributed by atoms with Crippen molar-refractivity contribution in [1.82, 2.24) is 4.72 Å². The zero-order valence-electron chi connectivity index (χ0n) is 9.62. The second-order valence-electron chi connectivity index (χ2n) is 3.89. The van der Waals surface area contributed by atoms with Crippen LogP contribution >= 0.6 is 0 Å². The van der Waals surface area contributed by atoms with Crippen LogP contribution in [0.2, 0.25) is 0 Å². The first-order chi connectivity index (χ1) is 7.84. The summed E-state index contributed by atoms with van der Waals surface area (Å²) in [5.74, 6) is -1.22. The SMILES string of the molecule is CC(C)S(=O)(=O)N[C@H](C(=O)O)c1ccccc1. The molecule has 1 aromatic rings. The van der Waals surface area contributed by atoms with E-state index in [1.807, 2.05) is 0 Å². The molecule has 0 spiro atoms. The number of nitrogens with one attached hydrogen (secondary N) is 1. The number of rotatable bonds is 5. The maximum Gasteiger partial charge on any atom is 0.326 e. The number of hydrogen-bond donors (Lipinski definition) is 2. The van der Waals surface area contributed by atoms with Crippen LogP contribution in [0.15, 0.2) is 30.3 Å². The number of carboxylic acid groups (broad SMARTS) is 1. The van der Waals surface area contributed by atoms with Crippen molar-refractivity contribution < 1.29 is 18.3 Å². The first-order valence-electron chi connectivity index (χ1n) is 5.13. The number of aliphatic carboxylic acids is 1. The summed E-state index contributed by atoms with van der Waals surface area (Å²) in [6.07, 6.45) is 0. The lowest BCUT2D eigenvalue weighted by molar-refractivity contribution is -0.139. The molecule has 1 aromatic carbocycles. The zero-order chi connectivity index (χ0) is 13.1. The number of sulfonamides is 1. The van der Waals surface area contributed by atoms with Gasteiger partial charge in [-0.2, -0.15) is 4.72 Å². The van der Waals surface area contributed by atoms with Gasteiger partial charge in [-0.15, -0.1) is 0 Å². The molecule has 94 valence electrons. The highest BCUT2D eigenvalue weighted by Crippen LogP contribution is 2.15. The average molecular weight is 257 g/mol. The van der Waals surface area contributed by atoms with E-state index in [0.717, 1.165) is 0 Å². The Morgan fingerprint density at radius 2 is 1.76 bits per heavy atom. The van der Waals surface area contributed by atoms with Gasteiger partial charge in [-0.3, -0.25) is 4.79 Å². The van der Waals surface area contributed by atoms with Crippen LogP contribution in [-0.4, -0.2) is 24.7 Å². The van der Waals surface area contributed by atoms with E-state index in [1.54, 1.807) is 30.3 Å². The third-order valence-electron chi connectivity index (χ3n) is 2.28. The molecule has 17 heavy (non-hydrogen) atoms. The molecule has 0 saturated heterocycles. The van der Waals surface area contributed by atoms with Gasteiger partial charge in [0.05, 0.1) is 5.25 Å². The normalized spacial score (nSPS) is 13.6. The Bertz CT molecular complexity index is 481. The third kappa shape index (κ3) is 3.54. The molecule has 0 heterocycles.